The maximum Gasteiger partial charge on any atom is 0.257 e. The van der Waals surface area contributed by atoms with Crippen molar-refractivity contribution in [2.75, 3.05) is 20.3 Å². The van der Waals surface area contributed by atoms with Gasteiger partial charge in [0.1, 0.15) is 0 Å². The number of ether oxygens (including phenoxy) is 2. The minimum atomic E-state index is -0.142. The number of nitrogens with one attached hydrogen (secondary N) is 1. The molecule has 1 rings (SSSR count). The molecule has 0 saturated carbocycles. The standard InChI is InChI=1S/C15H24N2O3/c1-10(2)8-17-15(18)9-20-13-6-5-12(11(3)16)7-14(13)19-4/h5-7,10-11H,8-9,16H2,1-4H3,(H,17,18). The summed E-state index contributed by atoms with van der Waals surface area (Å²) in [5.41, 5.74) is 6.77. The van der Waals surface area contributed by atoms with Gasteiger partial charge in [-0.15, -0.1) is 0 Å². The van der Waals surface area contributed by atoms with Gasteiger partial charge in [-0.2, -0.15) is 0 Å². The van der Waals surface area contributed by atoms with Crippen LogP contribution in [-0.2, 0) is 4.79 Å². The predicted octanol–water partition coefficient (Wildman–Crippen LogP) is 1.87. The third-order valence-electron chi connectivity index (χ3n) is 2.78. The van der Waals surface area contributed by atoms with E-state index in [0.717, 1.165) is 5.56 Å². The van der Waals surface area contributed by atoms with E-state index in [0.29, 0.717) is 24.0 Å². The molecule has 1 aromatic rings. The van der Waals surface area contributed by atoms with E-state index in [1.807, 2.05) is 32.9 Å². The van der Waals surface area contributed by atoms with Crippen LogP contribution in [0, 0.1) is 5.92 Å². The third kappa shape index (κ3) is 5.09. The van der Waals surface area contributed by atoms with Crippen LogP contribution in [0.2, 0.25) is 0 Å². The lowest BCUT2D eigenvalue weighted by Crippen LogP contribution is -2.31. The molecule has 1 atom stereocenters. The summed E-state index contributed by atoms with van der Waals surface area (Å²) in [4.78, 5) is 11.6. The zero-order valence-corrected chi connectivity index (χ0v) is 12.6. The fraction of sp³-hybridized carbons (Fsp3) is 0.533. The second-order valence-corrected chi connectivity index (χ2v) is 5.19. The van der Waals surface area contributed by atoms with Crippen molar-refractivity contribution in [3.8, 4) is 11.5 Å². The van der Waals surface area contributed by atoms with Crippen molar-refractivity contribution in [2.45, 2.75) is 26.8 Å². The molecule has 112 valence electrons. The van der Waals surface area contributed by atoms with Crippen molar-refractivity contribution in [1.82, 2.24) is 5.32 Å². The van der Waals surface area contributed by atoms with Crippen LogP contribution in [0.5, 0.6) is 11.5 Å². The molecule has 1 amide bonds. The number of benzene rings is 1. The molecule has 0 heterocycles. The van der Waals surface area contributed by atoms with Gasteiger partial charge in [-0.05, 0) is 30.5 Å². The molecule has 0 bridgehead atoms. The molecule has 0 radical (unpaired) electrons. The number of carbonyl (C=O) groups is 1. The zero-order valence-electron chi connectivity index (χ0n) is 12.6. The summed E-state index contributed by atoms with van der Waals surface area (Å²) in [5.74, 6) is 1.39. The number of hydrogen-bond donors (Lipinski definition) is 2. The average molecular weight is 280 g/mol. The van der Waals surface area contributed by atoms with Gasteiger partial charge in [0.15, 0.2) is 18.1 Å². The monoisotopic (exact) mass is 280 g/mol. The first-order valence-corrected chi connectivity index (χ1v) is 6.77. The normalized spacial score (nSPS) is 12.1. The van der Waals surface area contributed by atoms with Gasteiger partial charge >= 0.3 is 0 Å². The van der Waals surface area contributed by atoms with Crippen LogP contribution in [0.15, 0.2) is 18.2 Å². The highest BCUT2D eigenvalue weighted by Gasteiger charge is 2.10. The number of rotatable bonds is 7. The summed E-state index contributed by atoms with van der Waals surface area (Å²) in [5, 5.41) is 2.79. The molecular weight excluding hydrogens is 256 g/mol. The maximum absolute atomic E-state index is 11.6. The molecule has 1 unspecified atom stereocenters. The minimum absolute atomic E-state index is 0.0272. The number of nitrogens with two attached hydrogens (primary N) is 1. The van der Waals surface area contributed by atoms with Crippen LogP contribution in [0.3, 0.4) is 0 Å². The molecule has 3 N–H and O–H groups in total. The number of amides is 1. The smallest absolute Gasteiger partial charge is 0.257 e. The topological polar surface area (TPSA) is 73.6 Å². The van der Waals surface area contributed by atoms with Gasteiger partial charge in [0.25, 0.3) is 5.91 Å². The molecule has 0 aliphatic carbocycles. The quantitative estimate of drug-likeness (QED) is 0.799. The van der Waals surface area contributed by atoms with Crippen molar-refractivity contribution >= 4 is 5.91 Å². The van der Waals surface area contributed by atoms with Crippen molar-refractivity contribution in [3.63, 3.8) is 0 Å². The van der Waals surface area contributed by atoms with E-state index in [4.69, 9.17) is 15.2 Å². The van der Waals surface area contributed by atoms with Gasteiger partial charge in [0.05, 0.1) is 7.11 Å². The van der Waals surface area contributed by atoms with E-state index < -0.39 is 0 Å². The Morgan fingerprint density at radius 3 is 2.55 bits per heavy atom. The highest BCUT2D eigenvalue weighted by Crippen LogP contribution is 2.29. The van der Waals surface area contributed by atoms with Crippen LogP contribution in [0.4, 0.5) is 0 Å². The lowest BCUT2D eigenvalue weighted by Gasteiger charge is -2.14. The van der Waals surface area contributed by atoms with Crippen molar-refractivity contribution in [1.29, 1.82) is 0 Å². The Balaban J connectivity index is 2.61. The van der Waals surface area contributed by atoms with Gasteiger partial charge in [0.2, 0.25) is 0 Å². The largest absolute Gasteiger partial charge is 0.493 e. The fourth-order valence-electron chi connectivity index (χ4n) is 1.60. The summed E-state index contributed by atoms with van der Waals surface area (Å²) < 4.78 is 10.7. The molecule has 0 saturated heterocycles. The maximum atomic E-state index is 11.6. The third-order valence-corrected chi connectivity index (χ3v) is 2.78. The van der Waals surface area contributed by atoms with Gasteiger partial charge in [-0.25, -0.2) is 0 Å². The van der Waals surface area contributed by atoms with Crippen LogP contribution >= 0.6 is 0 Å². The Kier molecular flexibility index (Phi) is 6.31. The van der Waals surface area contributed by atoms with E-state index in [-0.39, 0.29) is 18.6 Å². The molecular formula is C15H24N2O3. The molecule has 0 aliphatic heterocycles. The minimum Gasteiger partial charge on any atom is -0.493 e. The molecule has 0 aromatic heterocycles. The SMILES string of the molecule is COc1cc(C(C)N)ccc1OCC(=O)NCC(C)C. The van der Waals surface area contributed by atoms with Gasteiger partial charge in [0, 0.05) is 12.6 Å². The second-order valence-electron chi connectivity index (χ2n) is 5.19. The van der Waals surface area contributed by atoms with E-state index >= 15 is 0 Å². The number of methoxy groups -OCH3 is 1. The summed E-state index contributed by atoms with van der Waals surface area (Å²) in [7, 11) is 1.56. The Bertz CT molecular complexity index is 445. The first kappa shape index (κ1) is 16.3. The zero-order chi connectivity index (χ0) is 15.1. The molecule has 0 spiro atoms. The lowest BCUT2D eigenvalue weighted by molar-refractivity contribution is -0.123. The van der Waals surface area contributed by atoms with Crippen molar-refractivity contribution in [3.05, 3.63) is 23.8 Å². The molecule has 0 fully saturated rings. The number of hydrogen-bond acceptors (Lipinski definition) is 4. The van der Waals surface area contributed by atoms with Crippen LogP contribution < -0.4 is 20.5 Å². The molecule has 5 nitrogen and oxygen atoms in total. The van der Waals surface area contributed by atoms with Gasteiger partial charge < -0.3 is 20.5 Å². The summed E-state index contributed by atoms with van der Waals surface area (Å²) >= 11 is 0. The second kappa shape index (κ2) is 7.75. The molecule has 5 heteroatoms. The van der Waals surface area contributed by atoms with Crippen LogP contribution in [-0.4, -0.2) is 26.2 Å². The lowest BCUT2D eigenvalue weighted by atomic mass is 10.1. The summed E-state index contributed by atoms with van der Waals surface area (Å²) in [6.45, 7) is 6.59. The predicted molar refractivity (Wildman–Crippen MR) is 78.9 cm³/mol. The van der Waals surface area contributed by atoms with E-state index in [2.05, 4.69) is 5.32 Å². The molecule has 1 aromatic carbocycles. The highest BCUT2D eigenvalue weighted by molar-refractivity contribution is 5.77. The Morgan fingerprint density at radius 2 is 2.00 bits per heavy atom. The molecule has 0 aliphatic rings. The first-order chi connectivity index (χ1) is 9.43. The van der Waals surface area contributed by atoms with E-state index in [1.54, 1.807) is 13.2 Å². The molecule has 20 heavy (non-hydrogen) atoms. The first-order valence-electron chi connectivity index (χ1n) is 6.77. The van der Waals surface area contributed by atoms with Gasteiger partial charge in [-0.3, -0.25) is 4.79 Å². The van der Waals surface area contributed by atoms with Crippen molar-refractivity contribution in [2.24, 2.45) is 11.7 Å². The summed E-state index contributed by atoms with van der Waals surface area (Å²) in [6.07, 6.45) is 0. The Morgan fingerprint density at radius 1 is 1.30 bits per heavy atom. The number of carbonyl (C=O) groups excluding carboxylic acids is 1. The van der Waals surface area contributed by atoms with Crippen LogP contribution in [0.1, 0.15) is 32.4 Å². The highest BCUT2D eigenvalue weighted by atomic mass is 16.5. The van der Waals surface area contributed by atoms with E-state index in [1.165, 1.54) is 0 Å². The average Bonchev–Trinajstić information content (AvgIpc) is 2.42. The Hall–Kier alpha value is -1.75. The van der Waals surface area contributed by atoms with Crippen LogP contribution in [0.25, 0.3) is 0 Å². The Labute approximate surface area is 120 Å². The fourth-order valence-corrected chi connectivity index (χ4v) is 1.60. The van der Waals surface area contributed by atoms with Gasteiger partial charge in [-0.1, -0.05) is 19.9 Å². The van der Waals surface area contributed by atoms with Crippen molar-refractivity contribution < 1.29 is 14.3 Å². The summed E-state index contributed by atoms with van der Waals surface area (Å²) in [6, 6.07) is 5.39. The van der Waals surface area contributed by atoms with E-state index in [9.17, 15) is 4.79 Å².